The maximum Gasteiger partial charge on any atom is 0.413 e. The fraction of sp³-hybridized carbons (Fsp3) is 0.452. The Kier molecular flexibility index (Phi) is 9.57. The number of nitrogens with one attached hydrogen (secondary N) is 3. The van der Waals surface area contributed by atoms with Crippen LogP contribution in [0.3, 0.4) is 0 Å². The SMILES string of the molecule is COC(=O)C1(C(=O)[C@@H](NC(=O)[C@@H]2CCCN2C(=O)[C@@H](NC(=O)Oc2ccccc2)C(C)C)C(C)C)Nc2ccccc2O1. The summed E-state index contributed by atoms with van der Waals surface area (Å²) in [7, 11) is 1.14. The van der Waals surface area contributed by atoms with Gasteiger partial charge in [-0.1, -0.05) is 58.0 Å². The Balaban J connectivity index is 1.50. The average Bonchev–Trinajstić information content (AvgIpc) is 3.64. The number of anilines is 1. The number of ketones is 1. The number of carbonyl (C=O) groups is 5. The van der Waals surface area contributed by atoms with E-state index in [9.17, 15) is 24.0 Å². The molecule has 0 spiro atoms. The van der Waals surface area contributed by atoms with E-state index in [1.807, 2.05) is 0 Å². The van der Waals surface area contributed by atoms with Crippen molar-refractivity contribution in [2.24, 2.45) is 11.8 Å². The maximum absolute atomic E-state index is 14.0. The number of esters is 1. The number of nitrogens with zero attached hydrogens (tertiary/aromatic N) is 1. The Bertz CT molecular complexity index is 1340. The molecule has 0 aliphatic carbocycles. The Labute approximate surface area is 250 Å². The third kappa shape index (κ3) is 6.58. The van der Waals surface area contributed by atoms with Gasteiger partial charge < -0.3 is 35.1 Å². The lowest BCUT2D eigenvalue weighted by Gasteiger charge is -2.33. The molecule has 1 saturated heterocycles. The molecule has 0 aromatic heterocycles. The number of carbonyl (C=O) groups excluding carboxylic acids is 5. The second-order valence-electron chi connectivity index (χ2n) is 11.2. The van der Waals surface area contributed by atoms with Gasteiger partial charge in [-0.2, -0.15) is 0 Å². The summed E-state index contributed by atoms with van der Waals surface area (Å²) >= 11 is 0. The second-order valence-corrected chi connectivity index (χ2v) is 11.2. The highest BCUT2D eigenvalue weighted by Crippen LogP contribution is 2.38. The van der Waals surface area contributed by atoms with Crippen LogP contribution in [0.2, 0.25) is 0 Å². The molecule has 4 rings (SSSR count). The summed E-state index contributed by atoms with van der Waals surface area (Å²) in [5.74, 6) is -2.82. The molecule has 12 nitrogen and oxygen atoms in total. The third-order valence-corrected chi connectivity index (χ3v) is 7.53. The van der Waals surface area contributed by atoms with Crippen LogP contribution < -0.4 is 25.4 Å². The van der Waals surface area contributed by atoms with Crippen molar-refractivity contribution < 1.29 is 38.2 Å². The third-order valence-electron chi connectivity index (χ3n) is 7.53. The molecule has 2 aliphatic rings. The highest BCUT2D eigenvalue weighted by atomic mass is 16.6. The van der Waals surface area contributed by atoms with E-state index in [0.29, 0.717) is 36.6 Å². The smallest absolute Gasteiger partial charge is 0.413 e. The van der Waals surface area contributed by atoms with E-state index in [0.717, 1.165) is 7.11 Å². The van der Waals surface area contributed by atoms with Gasteiger partial charge in [-0.05, 0) is 48.9 Å². The van der Waals surface area contributed by atoms with Crippen LogP contribution in [-0.2, 0) is 23.9 Å². The first-order valence-corrected chi connectivity index (χ1v) is 14.3. The van der Waals surface area contributed by atoms with Crippen molar-refractivity contribution >= 4 is 35.3 Å². The van der Waals surface area contributed by atoms with Crippen LogP contribution in [-0.4, -0.2) is 72.1 Å². The molecule has 2 aromatic rings. The molecule has 4 atom stereocenters. The molecule has 1 fully saturated rings. The average molecular weight is 595 g/mol. The van der Waals surface area contributed by atoms with Gasteiger partial charge in [-0.3, -0.25) is 14.4 Å². The van der Waals surface area contributed by atoms with Gasteiger partial charge >= 0.3 is 17.8 Å². The first kappa shape index (κ1) is 31.3. The normalized spacial score (nSPS) is 20.3. The maximum atomic E-state index is 14.0. The van der Waals surface area contributed by atoms with Crippen LogP contribution in [0.4, 0.5) is 10.5 Å². The standard InChI is InChI=1S/C31H38N4O8/c1-18(2)24(26(36)31(29(39)41-5)34-21-14-9-10-16-23(21)43-31)32-27(37)22-15-11-17-35(22)28(38)25(19(3)4)33-30(40)42-20-12-7-6-8-13-20/h6-10,12-14,16,18-19,22,24-25,34H,11,15,17H2,1-5H3,(H,32,37)(H,33,40)/t22-,24-,25-,31?/m0/s1. The van der Waals surface area contributed by atoms with Gasteiger partial charge in [0.05, 0.1) is 18.8 Å². The van der Waals surface area contributed by atoms with Crippen molar-refractivity contribution in [2.75, 3.05) is 19.0 Å². The predicted octanol–water partition coefficient (Wildman–Crippen LogP) is 2.87. The summed E-state index contributed by atoms with van der Waals surface area (Å²) in [6.45, 7) is 7.31. The number of rotatable bonds is 10. The van der Waals surface area contributed by atoms with Gasteiger partial charge in [-0.15, -0.1) is 0 Å². The zero-order valence-corrected chi connectivity index (χ0v) is 24.9. The molecular weight excluding hydrogens is 556 g/mol. The summed E-state index contributed by atoms with van der Waals surface area (Å²) in [4.78, 5) is 68.3. The zero-order valence-electron chi connectivity index (χ0n) is 24.9. The number of amides is 3. The van der Waals surface area contributed by atoms with Crippen molar-refractivity contribution in [1.29, 1.82) is 0 Å². The number of methoxy groups -OCH3 is 1. The van der Waals surface area contributed by atoms with Crippen LogP contribution in [0, 0.1) is 11.8 Å². The second kappa shape index (κ2) is 13.1. The van der Waals surface area contributed by atoms with E-state index in [-0.39, 0.29) is 5.92 Å². The topological polar surface area (TPSA) is 152 Å². The van der Waals surface area contributed by atoms with E-state index in [2.05, 4.69) is 16.0 Å². The first-order valence-electron chi connectivity index (χ1n) is 14.3. The molecule has 43 heavy (non-hydrogen) atoms. The van der Waals surface area contributed by atoms with Crippen molar-refractivity contribution in [3.8, 4) is 11.5 Å². The molecule has 1 unspecified atom stereocenters. The van der Waals surface area contributed by atoms with E-state index in [1.165, 1.54) is 4.90 Å². The molecule has 0 radical (unpaired) electrons. The van der Waals surface area contributed by atoms with Crippen LogP contribution in [0.5, 0.6) is 11.5 Å². The molecule has 2 aliphatic heterocycles. The lowest BCUT2D eigenvalue weighted by molar-refractivity contribution is -0.162. The highest BCUT2D eigenvalue weighted by molar-refractivity contribution is 6.14. The number of ether oxygens (including phenoxy) is 3. The number of benzene rings is 2. The van der Waals surface area contributed by atoms with Gasteiger partial charge in [-0.25, -0.2) is 9.59 Å². The first-order chi connectivity index (χ1) is 20.5. The molecule has 3 N–H and O–H groups in total. The van der Waals surface area contributed by atoms with Crippen molar-refractivity contribution in [3.05, 3.63) is 54.6 Å². The molecule has 0 bridgehead atoms. The number of hydrogen-bond acceptors (Lipinski definition) is 9. The van der Waals surface area contributed by atoms with Gasteiger partial charge in [0.2, 0.25) is 17.6 Å². The summed E-state index contributed by atoms with van der Waals surface area (Å²) in [6.07, 6.45) is 0.121. The minimum Gasteiger partial charge on any atom is -0.464 e. The number of fused-ring (bicyclic) bond motifs is 1. The number of likely N-dealkylation sites (tertiary alicyclic amines) is 1. The van der Waals surface area contributed by atoms with Gasteiger partial charge in [0.15, 0.2) is 0 Å². The Morgan fingerprint density at radius 2 is 1.58 bits per heavy atom. The van der Waals surface area contributed by atoms with Gasteiger partial charge in [0.1, 0.15) is 23.6 Å². The van der Waals surface area contributed by atoms with Gasteiger partial charge in [0.25, 0.3) is 0 Å². The van der Waals surface area contributed by atoms with E-state index in [4.69, 9.17) is 14.2 Å². The molecule has 3 amide bonds. The summed E-state index contributed by atoms with van der Waals surface area (Å²) < 4.78 is 16.1. The molecule has 230 valence electrons. The van der Waals surface area contributed by atoms with E-state index >= 15 is 0 Å². The predicted molar refractivity (Wildman–Crippen MR) is 156 cm³/mol. The minimum atomic E-state index is -2.20. The highest BCUT2D eigenvalue weighted by Gasteiger charge is 2.57. The molecule has 12 heteroatoms. The summed E-state index contributed by atoms with van der Waals surface area (Å²) in [5.41, 5.74) is -1.77. The molecule has 0 saturated carbocycles. The number of hydrogen-bond donors (Lipinski definition) is 3. The van der Waals surface area contributed by atoms with E-state index in [1.54, 1.807) is 82.3 Å². The fourth-order valence-electron chi connectivity index (χ4n) is 5.24. The largest absolute Gasteiger partial charge is 0.464 e. The Morgan fingerprint density at radius 3 is 2.21 bits per heavy atom. The Morgan fingerprint density at radius 1 is 0.930 bits per heavy atom. The Hall–Kier alpha value is -4.61. The lowest BCUT2D eigenvalue weighted by atomic mass is 9.92. The molecule has 2 aromatic carbocycles. The summed E-state index contributed by atoms with van der Waals surface area (Å²) in [6, 6.07) is 12.2. The zero-order chi connectivity index (χ0) is 31.3. The fourth-order valence-corrected chi connectivity index (χ4v) is 5.24. The quantitative estimate of drug-likeness (QED) is 0.278. The van der Waals surface area contributed by atoms with Crippen LogP contribution in [0.15, 0.2) is 54.6 Å². The van der Waals surface area contributed by atoms with Crippen molar-refractivity contribution in [1.82, 2.24) is 15.5 Å². The minimum absolute atomic E-state index is 0.292. The summed E-state index contributed by atoms with van der Waals surface area (Å²) in [5, 5.41) is 8.26. The van der Waals surface area contributed by atoms with Gasteiger partial charge in [0, 0.05) is 6.54 Å². The lowest BCUT2D eigenvalue weighted by Crippen LogP contribution is -2.64. The van der Waals surface area contributed by atoms with Crippen molar-refractivity contribution in [3.63, 3.8) is 0 Å². The monoisotopic (exact) mass is 594 g/mol. The van der Waals surface area contributed by atoms with E-state index < -0.39 is 59.4 Å². The van der Waals surface area contributed by atoms with Crippen LogP contribution in [0.25, 0.3) is 0 Å². The molecule has 2 heterocycles. The van der Waals surface area contributed by atoms with Crippen LogP contribution in [0.1, 0.15) is 40.5 Å². The molecular formula is C31H38N4O8. The number of Topliss-reactive ketones (excluding diaryl/α,β-unsaturated/α-hetero) is 1. The van der Waals surface area contributed by atoms with Crippen molar-refractivity contribution in [2.45, 2.75) is 64.4 Å². The van der Waals surface area contributed by atoms with Crippen LogP contribution >= 0.6 is 0 Å². The number of para-hydroxylation sites is 3.